The molecule has 0 amide bonds. The van der Waals surface area contributed by atoms with Crippen LogP contribution in [0.25, 0.3) is 10.9 Å². The van der Waals surface area contributed by atoms with Crippen molar-refractivity contribution in [3.8, 4) is 0 Å². The van der Waals surface area contributed by atoms with Crippen LogP contribution in [-0.4, -0.2) is 15.9 Å². The summed E-state index contributed by atoms with van der Waals surface area (Å²) in [6.45, 7) is -0.338. The van der Waals surface area contributed by atoms with Crippen LogP contribution >= 0.6 is 0 Å². The van der Waals surface area contributed by atoms with Crippen molar-refractivity contribution in [1.29, 1.82) is 0 Å². The number of fused-ring (bicyclic) bond motifs is 1. The molecule has 0 unspecified atom stereocenters. The Hall–Kier alpha value is -3.09. The van der Waals surface area contributed by atoms with Gasteiger partial charge in [0, 0.05) is 6.07 Å². The molecule has 0 saturated carbocycles. The quantitative estimate of drug-likeness (QED) is 0.754. The lowest BCUT2D eigenvalue weighted by atomic mass is 10.2. The zero-order valence-electron chi connectivity index (χ0n) is 11.7. The van der Waals surface area contributed by atoms with Crippen molar-refractivity contribution in [2.24, 2.45) is 0 Å². The fraction of sp³-hybridized carbons (Fsp3) is 0.0625. The Morgan fingerprint density at radius 3 is 2.74 bits per heavy atom. The van der Waals surface area contributed by atoms with Crippen molar-refractivity contribution >= 4 is 16.9 Å². The summed E-state index contributed by atoms with van der Waals surface area (Å²) in [7, 11) is 0. The van der Waals surface area contributed by atoms with Gasteiger partial charge in [0.05, 0.1) is 16.5 Å². The molecule has 1 N–H and O–H groups in total. The van der Waals surface area contributed by atoms with E-state index in [1.807, 2.05) is 0 Å². The molecule has 2 aromatic carbocycles. The highest BCUT2D eigenvalue weighted by molar-refractivity contribution is 5.89. The lowest BCUT2D eigenvalue weighted by molar-refractivity contribution is 0.0457. The van der Waals surface area contributed by atoms with Crippen molar-refractivity contribution < 1.29 is 18.3 Å². The van der Waals surface area contributed by atoms with Gasteiger partial charge in [-0.15, -0.1) is 0 Å². The first-order chi connectivity index (χ1) is 11.0. The molecule has 3 rings (SSSR count). The highest BCUT2D eigenvalue weighted by Crippen LogP contribution is 2.12. The number of hydrogen-bond donors (Lipinski definition) is 1. The van der Waals surface area contributed by atoms with Crippen LogP contribution in [0, 0.1) is 11.6 Å². The molecule has 5 nitrogen and oxygen atoms in total. The number of nitrogens with one attached hydrogen (secondary N) is 1. The van der Waals surface area contributed by atoms with Crippen molar-refractivity contribution in [1.82, 2.24) is 9.97 Å². The molecule has 116 valence electrons. The molecule has 0 aliphatic carbocycles. The van der Waals surface area contributed by atoms with E-state index in [9.17, 15) is 18.4 Å². The molecule has 0 aliphatic heterocycles. The molecule has 1 heterocycles. The first-order valence-corrected chi connectivity index (χ1v) is 6.65. The van der Waals surface area contributed by atoms with Crippen LogP contribution in [0.15, 0.2) is 47.3 Å². The van der Waals surface area contributed by atoms with Gasteiger partial charge in [0.15, 0.2) is 0 Å². The Bertz CT molecular complexity index is 953. The number of esters is 1. The van der Waals surface area contributed by atoms with E-state index in [2.05, 4.69) is 9.97 Å². The lowest BCUT2D eigenvalue weighted by Crippen LogP contribution is -2.15. The molecule has 0 radical (unpaired) electrons. The van der Waals surface area contributed by atoms with Crippen LogP contribution < -0.4 is 5.56 Å². The number of hydrogen-bond acceptors (Lipinski definition) is 4. The van der Waals surface area contributed by atoms with Gasteiger partial charge >= 0.3 is 5.97 Å². The van der Waals surface area contributed by atoms with Crippen LogP contribution in [0.5, 0.6) is 0 Å². The fourth-order valence-corrected chi connectivity index (χ4v) is 2.07. The maximum Gasteiger partial charge on any atom is 0.341 e. The first kappa shape index (κ1) is 14.8. The average Bonchev–Trinajstić information content (AvgIpc) is 2.53. The maximum absolute atomic E-state index is 13.5. The normalized spacial score (nSPS) is 10.7. The highest BCUT2D eigenvalue weighted by atomic mass is 19.1. The number of rotatable bonds is 3. The lowest BCUT2D eigenvalue weighted by Gasteiger charge is -2.06. The van der Waals surface area contributed by atoms with Gasteiger partial charge in [0.1, 0.15) is 24.1 Å². The van der Waals surface area contributed by atoms with Crippen molar-refractivity contribution in [2.75, 3.05) is 0 Å². The highest BCUT2D eigenvalue weighted by Gasteiger charge is 2.14. The predicted octanol–water partition coefficient (Wildman–Crippen LogP) is 2.56. The molecule has 3 aromatic rings. The predicted molar refractivity (Wildman–Crippen MR) is 77.8 cm³/mol. The largest absolute Gasteiger partial charge is 0.454 e. The van der Waals surface area contributed by atoms with E-state index < -0.39 is 23.2 Å². The Labute approximate surface area is 128 Å². The van der Waals surface area contributed by atoms with Gasteiger partial charge in [-0.2, -0.15) is 0 Å². The standard InChI is InChI=1S/C16H10F2N2O3/c17-9-5-6-10(12(18)7-9)16(22)23-8-14-19-13-4-2-1-3-11(13)15(21)20-14/h1-7H,8H2,(H,19,20,21). The van der Waals surface area contributed by atoms with Gasteiger partial charge in [0.25, 0.3) is 5.56 Å². The Kier molecular flexibility index (Phi) is 3.84. The van der Waals surface area contributed by atoms with Crippen LogP contribution in [0.2, 0.25) is 0 Å². The maximum atomic E-state index is 13.5. The number of aromatic amines is 1. The molecule has 0 atom stereocenters. The molecule has 0 fully saturated rings. The van der Waals surface area contributed by atoms with Gasteiger partial charge < -0.3 is 9.72 Å². The summed E-state index contributed by atoms with van der Waals surface area (Å²) in [6, 6.07) is 9.22. The third kappa shape index (κ3) is 3.08. The van der Waals surface area contributed by atoms with E-state index in [4.69, 9.17) is 4.74 Å². The van der Waals surface area contributed by atoms with Crippen molar-refractivity contribution in [3.63, 3.8) is 0 Å². The van der Waals surface area contributed by atoms with Gasteiger partial charge in [0.2, 0.25) is 0 Å². The number of nitrogens with zero attached hydrogens (tertiary/aromatic N) is 1. The minimum atomic E-state index is -1.02. The summed E-state index contributed by atoms with van der Waals surface area (Å²) in [6.07, 6.45) is 0. The van der Waals surface area contributed by atoms with Crippen molar-refractivity contribution in [2.45, 2.75) is 6.61 Å². The number of para-hydroxylation sites is 1. The van der Waals surface area contributed by atoms with Crippen molar-refractivity contribution in [3.05, 3.63) is 75.8 Å². The number of halogens is 2. The monoisotopic (exact) mass is 316 g/mol. The van der Waals surface area contributed by atoms with E-state index in [1.165, 1.54) is 0 Å². The minimum absolute atomic E-state index is 0.129. The Morgan fingerprint density at radius 2 is 1.96 bits per heavy atom. The van der Waals surface area contributed by atoms with Crippen LogP contribution in [0.3, 0.4) is 0 Å². The Balaban J connectivity index is 1.80. The summed E-state index contributed by atoms with van der Waals surface area (Å²) < 4.78 is 31.2. The third-order valence-electron chi connectivity index (χ3n) is 3.15. The molecule has 0 bridgehead atoms. The summed E-state index contributed by atoms with van der Waals surface area (Å²) in [5.74, 6) is -2.66. The molecule has 0 spiro atoms. The SMILES string of the molecule is O=C(OCc1nc2ccccc2c(=O)[nH]1)c1ccc(F)cc1F. The van der Waals surface area contributed by atoms with Crippen LogP contribution in [0.4, 0.5) is 8.78 Å². The number of aromatic nitrogens is 2. The number of carbonyl (C=O) groups excluding carboxylic acids is 1. The molecular formula is C16H10F2N2O3. The summed E-state index contributed by atoms with van der Waals surface area (Å²) in [5.41, 5.74) is -0.306. The minimum Gasteiger partial charge on any atom is -0.454 e. The third-order valence-corrected chi connectivity index (χ3v) is 3.15. The molecule has 0 saturated heterocycles. The number of carbonyl (C=O) groups is 1. The Morgan fingerprint density at radius 1 is 1.17 bits per heavy atom. The van der Waals surface area contributed by atoms with E-state index >= 15 is 0 Å². The van der Waals surface area contributed by atoms with Crippen LogP contribution in [0.1, 0.15) is 16.2 Å². The first-order valence-electron chi connectivity index (χ1n) is 6.65. The van der Waals surface area contributed by atoms with E-state index in [0.717, 1.165) is 12.1 Å². The smallest absolute Gasteiger partial charge is 0.341 e. The second-order valence-electron chi connectivity index (χ2n) is 4.73. The fourth-order valence-electron chi connectivity index (χ4n) is 2.07. The molecule has 0 aliphatic rings. The van der Waals surface area contributed by atoms with E-state index in [0.29, 0.717) is 17.0 Å². The van der Waals surface area contributed by atoms with Gasteiger partial charge in [-0.25, -0.2) is 18.6 Å². The summed E-state index contributed by atoms with van der Waals surface area (Å²) in [5, 5.41) is 0.409. The topological polar surface area (TPSA) is 72.0 Å². The number of benzene rings is 2. The van der Waals surface area contributed by atoms with Crippen LogP contribution in [-0.2, 0) is 11.3 Å². The van der Waals surface area contributed by atoms with Gasteiger partial charge in [-0.3, -0.25) is 4.79 Å². The average molecular weight is 316 g/mol. The second kappa shape index (κ2) is 5.96. The zero-order chi connectivity index (χ0) is 16.4. The molecule has 1 aromatic heterocycles. The molecular weight excluding hydrogens is 306 g/mol. The molecule has 7 heteroatoms. The van der Waals surface area contributed by atoms with Gasteiger partial charge in [-0.05, 0) is 24.3 Å². The second-order valence-corrected chi connectivity index (χ2v) is 4.73. The van der Waals surface area contributed by atoms with E-state index in [-0.39, 0.29) is 18.0 Å². The number of H-pyrrole nitrogens is 1. The zero-order valence-corrected chi connectivity index (χ0v) is 11.7. The summed E-state index contributed by atoms with van der Waals surface area (Å²) in [4.78, 5) is 30.3. The summed E-state index contributed by atoms with van der Waals surface area (Å²) >= 11 is 0. The van der Waals surface area contributed by atoms with E-state index in [1.54, 1.807) is 24.3 Å². The number of ether oxygens (including phenoxy) is 1. The van der Waals surface area contributed by atoms with Gasteiger partial charge in [-0.1, -0.05) is 12.1 Å². The molecule has 23 heavy (non-hydrogen) atoms.